The summed E-state index contributed by atoms with van der Waals surface area (Å²) in [6, 6.07) is 7.61. The van der Waals surface area contributed by atoms with Gasteiger partial charge in [-0.1, -0.05) is 29.8 Å². The monoisotopic (exact) mass is 287 g/mol. The summed E-state index contributed by atoms with van der Waals surface area (Å²) >= 11 is 0. The minimum absolute atomic E-state index is 0.0811. The number of halogens is 3. The molecular weight excluding hydrogens is 271 g/mol. The largest absolute Gasteiger partial charge is 0.411 e. The minimum atomic E-state index is -4.31. The van der Waals surface area contributed by atoms with Gasteiger partial charge >= 0.3 is 6.18 Å². The summed E-state index contributed by atoms with van der Waals surface area (Å²) in [6.45, 7) is 1.16. The molecule has 110 valence electrons. The third kappa shape index (κ3) is 4.23. The zero-order valence-electron chi connectivity index (χ0n) is 11.1. The summed E-state index contributed by atoms with van der Waals surface area (Å²) in [4.78, 5) is 13.4. The van der Waals surface area contributed by atoms with Crippen molar-refractivity contribution in [3.63, 3.8) is 0 Å². The highest BCUT2D eigenvalue weighted by molar-refractivity contribution is 5.79. The molecule has 20 heavy (non-hydrogen) atoms. The van der Waals surface area contributed by atoms with Crippen LogP contribution in [0, 0.1) is 6.92 Å². The number of aryl methyl sites for hydroxylation is 1. The summed E-state index contributed by atoms with van der Waals surface area (Å²) in [6.07, 6.45) is -4.54. The lowest BCUT2D eigenvalue weighted by Crippen LogP contribution is -2.55. The second kappa shape index (κ2) is 5.83. The van der Waals surface area contributed by atoms with Crippen molar-refractivity contribution >= 4 is 5.91 Å². The predicted molar refractivity (Wildman–Crippen MR) is 67.3 cm³/mol. The molecule has 3 nitrogen and oxygen atoms in total. The maximum Gasteiger partial charge on any atom is 0.411 e. The summed E-state index contributed by atoms with van der Waals surface area (Å²) in [5.41, 5.74) is 1.99. The normalized spacial score (nSPS) is 16.1. The molecule has 0 unspecified atom stereocenters. The first-order valence-corrected chi connectivity index (χ1v) is 6.35. The smallest absolute Gasteiger partial charge is 0.365 e. The Bertz CT molecular complexity index is 482. The molecular formula is C14H16F3NO2. The van der Waals surface area contributed by atoms with E-state index in [9.17, 15) is 18.0 Å². The first-order chi connectivity index (χ1) is 9.33. The first kappa shape index (κ1) is 14.8. The molecule has 0 saturated carbocycles. The van der Waals surface area contributed by atoms with Crippen molar-refractivity contribution in [3.05, 3.63) is 35.4 Å². The van der Waals surface area contributed by atoms with E-state index in [4.69, 9.17) is 0 Å². The fraction of sp³-hybridized carbons (Fsp3) is 0.500. The molecule has 0 atom stereocenters. The van der Waals surface area contributed by atoms with Crippen LogP contribution in [0.15, 0.2) is 24.3 Å². The van der Waals surface area contributed by atoms with Gasteiger partial charge in [-0.25, -0.2) is 0 Å². The second-order valence-electron chi connectivity index (χ2n) is 5.01. The molecule has 0 bridgehead atoms. The average molecular weight is 287 g/mol. The second-order valence-corrected chi connectivity index (χ2v) is 5.01. The van der Waals surface area contributed by atoms with E-state index >= 15 is 0 Å². The number of carbonyl (C=O) groups is 1. The van der Waals surface area contributed by atoms with Crippen molar-refractivity contribution in [3.8, 4) is 0 Å². The van der Waals surface area contributed by atoms with E-state index in [0.717, 1.165) is 11.1 Å². The number of alkyl halides is 3. The lowest BCUT2D eigenvalue weighted by Gasteiger charge is -2.39. The number of likely N-dealkylation sites (tertiary alicyclic amines) is 1. The predicted octanol–water partition coefficient (Wildman–Crippen LogP) is 2.33. The van der Waals surface area contributed by atoms with E-state index in [-0.39, 0.29) is 25.4 Å². The Labute approximate surface area is 115 Å². The molecule has 1 fully saturated rings. The van der Waals surface area contributed by atoms with Crippen LogP contribution in [0.1, 0.15) is 11.1 Å². The maximum atomic E-state index is 12.0. The molecule has 6 heteroatoms. The van der Waals surface area contributed by atoms with Crippen molar-refractivity contribution < 1.29 is 22.7 Å². The zero-order chi connectivity index (χ0) is 14.8. The molecule has 0 N–H and O–H groups in total. The molecule has 1 amide bonds. The third-order valence-electron chi connectivity index (χ3n) is 3.12. The molecule has 1 heterocycles. The lowest BCUT2D eigenvalue weighted by molar-refractivity contribution is -0.199. The summed E-state index contributed by atoms with van der Waals surface area (Å²) in [5.74, 6) is -0.0811. The van der Waals surface area contributed by atoms with E-state index in [1.54, 1.807) is 0 Å². The first-order valence-electron chi connectivity index (χ1n) is 6.35. The molecule has 1 aliphatic rings. The van der Waals surface area contributed by atoms with Gasteiger partial charge in [0.1, 0.15) is 6.61 Å². The van der Waals surface area contributed by atoms with E-state index in [1.165, 1.54) is 4.90 Å². The van der Waals surface area contributed by atoms with Crippen LogP contribution in [-0.2, 0) is 16.0 Å². The van der Waals surface area contributed by atoms with Crippen LogP contribution in [0.5, 0.6) is 0 Å². The Morgan fingerprint density at radius 2 is 2.10 bits per heavy atom. The van der Waals surface area contributed by atoms with Gasteiger partial charge in [0.25, 0.3) is 0 Å². The number of carbonyl (C=O) groups excluding carboxylic acids is 1. The van der Waals surface area contributed by atoms with Crippen LogP contribution in [0.25, 0.3) is 0 Å². The van der Waals surface area contributed by atoms with Gasteiger partial charge in [-0.05, 0) is 12.5 Å². The number of hydrogen-bond acceptors (Lipinski definition) is 2. The fourth-order valence-corrected chi connectivity index (χ4v) is 2.07. The number of nitrogens with zero attached hydrogens (tertiary/aromatic N) is 1. The summed E-state index contributed by atoms with van der Waals surface area (Å²) in [7, 11) is 0. The van der Waals surface area contributed by atoms with Gasteiger partial charge in [0.2, 0.25) is 5.91 Å². The van der Waals surface area contributed by atoms with Gasteiger partial charge in [-0.15, -0.1) is 0 Å². The Kier molecular flexibility index (Phi) is 4.32. The number of benzene rings is 1. The molecule has 0 aromatic heterocycles. The van der Waals surface area contributed by atoms with Crippen molar-refractivity contribution in [1.29, 1.82) is 0 Å². The van der Waals surface area contributed by atoms with Gasteiger partial charge in [-0.2, -0.15) is 13.2 Å². The number of ether oxygens (including phenoxy) is 1. The Hall–Kier alpha value is -1.56. The number of rotatable bonds is 4. The van der Waals surface area contributed by atoms with Crippen molar-refractivity contribution in [2.45, 2.75) is 25.6 Å². The maximum absolute atomic E-state index is 12.0. The quantitative estimate of drug-likeness (QED) is 0.850. The van der Waals surface area contributed by atoms with Gasteiger partial charge in [-0.3, -0.25) is 4.79 Å². The Morgan fingerprint density at radius 1 is 1.40 bits per heavy atom. The van der Waals surface area contributed by atoms with Crippen LogP contribution < -0.4 is 0 Å². The molecule has 1 saturated heterocycles. The SMILES string of the molecule is Cc1cccc(CC(=O)N2CC(OCC(F)(F)F)C2)c1. The molecule has 0 spiro atoms. The third-order valence-corrected chi connectivity index (χ3v) is 3.12. The molecule has 1 aromatic carbocycles. The fourth-order valence-electron chi connectivity index (χ4n) is 2.07. The van der Waals surface area contributed by atoms with E-state index < -0.39 is 18.9 Å². The van der Waals surface area contributed by atoms with Crippen LogP contribution in [0.4, 0.5) is 13.2 Å². The Balaban J connectivity index is 1.74. The van der Waals surface area contributed by atoms with Gasteiger partial charge in [0.15, 0.2) is 0 Å². The highest BCUT2D eigenvalue weighted by Crippen LogP contribution is 2.20. The van der Waals surface area contributed by atoms with Crippen LogP contribution >= 0.6 is 0 Å². The van der Waals surface area contributed by atoms with Crippen molar-refractivity contribution in [2.24, 2.45) is 0 Å². The minimum Gasteiger partial charge on any atom is -0.365 e. The standard InChI is InChI=1S/C14H16F3NO2/c1-10-3-2-4-11(5-10)6-13(19)18-7-12(8-18)20-9-14(15,16)17/h2-5,12H,6-9H2,1H3. The van der Waals surface area contributed by atoms with Gasteiger partial charge in [0.05, 0.1) is 12.5 Å². The molecule has 0 aliphatic carbocycles. The molecule has 2 rings (SSSR count). The highest BCUT2D eigenvalue weighted by atomic mass is 19.4. The van der Waals surface area contributed by atoms with Crippen LogP contribution in [0.3, 0.4) is 0 Å². The van der Waals surface area contributed by atoms with Crippen LogP contribution in [0.2, 0.25) is 0 Å². The van der Waals surface area contributed by atoms with E-state index in [0.29, 0.717) is 0 Å². The van der Waals surface area contributed by atoms with E-state index in [2.05, 4.69) is 4.74 Å². The Morgan fingerprint density at radius 3 is 2.70 bits per heavy atom. The zero-order valence-corrected chi connectivity index (χ0v) is 11.1. The lowest BCUT2D eigenvalue weighted by atomic mass is 10.1. The van der Waals surface area contributed by atoms with E-state index in [1.807, 2.05) is 31.2 Å². The summed E-state index contributed by atoms with van der Waals surface area (Å²) in [5, 5.41) is 0. The number of hydrogen-bond donors (Lipinski definition) is 0. The molecule has 1 aromatic rings. The van der Waals surface area contributed by atoms with Crippen molar-refractivity contribution in [2.75, 3.05) is 19.7 Å². The topological polar surface area (TPSA) is 29.5 Å². The number of amides is 1. The van der Waals surface area contributed by atoms with Crippen LogP contribution in [-0.4, -0.2) is 42.8 Å². The average Bonchev–Trinajstić information content (AvgIpc) is 2.25. The molecule has 0 radical (unpaired) electrons. The van der Waals surface area contributed by atoms with Gasteiger partial charge < -0.3 is 9.64 Å². The molecule has 1 aliphatic heterocycles. The van der Waals surface area contributed by atoms with Gasteiger partial charge in [0, 0.05) is 13.1 Å². The van der Waals surface area contributed by atoms with Crippen molar-refractivity contribution in [1.82, 2.24) is 4.90 Å². The summed E-state index contributed by atoms with van der Waals surface area (Å²) < 4.78 is 40.5. The highest BCUT2D eigenvalue weighted by Gasteiger charge is 2.35.